The van der Waals surface area contributed by atoms with Gasteiger partial charge in [0.25, 0.3) is 0 Å². The first-order valence-electron chi connectivity index (χ1n) is 11.9. The zero-order valence-electron chi connectivity index (χ0n) is 20.7. The lowest BCUT2D eigenvalue weighted by Gasteiger charge is -2.38. The Kier molecular flexibility index (Phi) is 10.6. The molecule has 0 bridgehead atoms. The second-order valence-corrected chi connectivity index (χ2v) is 8.92. The highest BCUT2D eigenvalue weighted by atomic mass is 16.5. The van der Waals surface area contributed by atoms with E-state index in [0.717, 1.165) is 31.4 Å². The number of rotatable bonds is 10. The number of nitrogens with zero attached hydrogens (tertiary/aromatic N) is 2. The van der Waals surface area contributed by atoms with E-state index in [-0.39, 0.29) is 30.4 Å². The zero-order valence-corrected chi connectivity index (χ0v) is 20.7. The summed E-state index contributed by atoms with van der Waals surface area (Å²) in [5, 5.41) is 3.05. The van der Waals surface area contributed by atoms with Crippen LogP contribution in [0.5, 0.6) is 0 Å². The van der Waals surface area contributed by atoms with Crippen molar-refractivity contribution in [2.45, 2.75) is 71.5 Å². The molecule has 7 heteroatoms. The van der Waals surface area contributed by atoms with Crippen molar-refractivity contribution < 1.29 is 19.1 Å². The highest BCUT2D eigenvalue weighted by molar-refractivity contribution is 5.90. The van der Waals surface area contributed by atoms with Gasteiger partial charge >= 0.3 is 5.97 Å². The second kappa shape index (κ2) is 13.1. The molecular formula is C26H39N3O4. The number of amides is 2. The molecule has 0 aromatic heterocycles. The number of nitrogens with one attached hydrogen (secondary N) is 1. The largest absolute Gasteiger partial charge is 0.463 e. The maximum atomic E-state index is 13.3. The lowest BCUT2D eigenvalue weighted by atomic mass is 9.98. The second-order valence-electron chi connectivity index (χ2n) is 8.92. The fraction of sp³-hybridized carbons (Fsp3) is 0.577. The van der Waals surface area contributed by atoms with Crippen LogP contribution in [0.15, 0.2) is 42.0 Å². The average molecular weight is 458 g/mol. The topological polar surface area (TPSA) is 79.0 Å². The molecule has 1 fully saturated rings. The minimum atomic E-state index is -0.683. The fourth-order valence-corrected chi connectivity index (χ4v) is 4.13. The van der Waals surface area contributed by atoms with E-state index in [1.165, 1.54) is 4.90 Å². The minimum absolute atomic E-state index is 0.0932. The van der Waals surface area contributed by atoms with Gasteiger partial charge in [-0.05, 0) is 52.6 Å². The third-order valence-electron chi connectivity index (χ3n) is 6.05. The van der Waals surface area contributed by atoms with Crippen LogP contribution in [0.25, 0.3) is 0 Å². The Morgan fingerprint density at radius 3 is 2.55 bits per heavy atom. The molecule has 2 unspecified atom stereocenters. The normalized spacial score (nSPS) is 18.0. The van der Waals surface area contributed by atoms with E-state index in [2.05, 4.69) is 24.1 Å². The molecule has 1 saturated heterocycles. The van der Waals surface area contributed by atoms with Crippen LogP contribution >= 0.6 is 0 Å². The fourth-order valence-electron chi connectivity index (χ4n) is 4.13. The van der Waals surface area contributed by atoms with Crippen LogP contribution in [-0.2, 0) is 25.5 Å². The van der Waals surface area contributed by atoms with Crippen molar-refractivity contribution in [2.24, 2.45) is 0 Å². The van der Waals surface area contributed by atoms with Crippen LogP contribution in [-0.4, -0.2) is 72.5 Å². The molecule has 1 aromatic carbocycles. The summed E-state index contributed by atoms with van der Waals surface area (Å²) < 4.78 is 5.00. The molecule has 0 saturated carbocycles. The molecule has 182 valence electrons. The third-order valence-corrected chi connectivity index (χ3v) is 6.05. The van der Waals surface area contributed by atoms with Crippen molar-refractivity contribution >= 4 is 17.8 Å². The smallest absolute Gasteiger partial charge is 0.333 e. The standard InChI is InChI=1S/C26H39N3O4/c1-6-33-26(32)20(4)15-17-28(5)25(31)22(18-21-12-8-7-9-13-21)27-24(30)23-14-10-11-16-29(23)19(2)3/h7-9,12-13,15,19,22-23H,6,10-11,14,16-18H2,1-5H3,(H,27,30)/b20-15+. The summed E-state index contributed by atoms with van der Waals surface area (Å²) in [5.41, 5.74) is 1.43. The summed E-state index contributed by atoms with van der Waals surface area (Å²) in [6, 6.07) is 9.05. The van der Waals surface area contributed by atoms with Crippen molar-refractivity contribution in [1.82, 2.24) is 15.1 Å². The van der Waals surface area contributed by atoms with Gasteiger partial charge in [-0.15, -0.1) is 0 Å². The molecule has 1 aliphatic rings. The van der Waals surface area contributed by atoms with Crippen LogP contribution in [0.4, 0.5) is 0 Å². The predicted molar refractivity (Wildman–Crippen MR) is 130 cm³/mol. The molecule has 7 nitrogen and oxygen atoms in total. The lowest BCUT2D eigenvalue weighted by Crippen LogP contribution is -2.57. The molecule has 1 N–H and O–H groups in total. The summed E-state index contributed by atoms with van der Waals surface area (Å²) in [5.74, 6) is -0.671. The van der Waals surface area contributed by atoms with E-state index in [1.807, 2.05) is 30.3 Å². The maximum absolute atomic E-state index is 13.3. The Bertz CT molecular complexity index is 822. The van der Waals surface area contributed by atoms with Crippen molar-refractivity contribution in [2.75, 3.05) is 26.7 Å². The first kappa shape index (κ1) is 26.6. The highest BCUT2D eigenvalue weighted by Crippen LogP contribution is 2.20. The van der Waals surface area contributed by atoms with Gasteiger partial charge < -0.3 is 15.0 Å². The highest BCUT2D eigenvalue weighted by Gasteiger charge is 2.33. The van der Waals surface area contributed by atoms with Crippen molar-refractivity contribution in [3.05, 3.63) is 47.5 Å². The van der Waals surface area contributed by atoms with Crippen LogP contribution < -0.4 is 5.32 Å². The number of benzene rings is 1. The molecule has 0 aliphatic carbocycles. The number of piperidine rings is 1. The van der Waals surface area contributed by atoms with Gasteiger partial charge in [0.2, 0.25) is 11.8 Å². The van der Waals surface area contributed by atoms with E-state index in [4.69, 9.17) is 4.74 Å². The summed E-state index contributed by atoms with van der Waals surface area (Å²) in [6.45, 7) is 9.08. The van der Waals surface area contributed by atoms with Gasteiger partial charge in [0, 0.05) is 31.6 Å². The molecule has 0 spiro atoms. The monoisotopic (exact) mass is 457 g/mol. The van der Waals surface area contributed by atoms with Crippen molar-refractivity contribution in [1.29, 1.82) is 0 Å². The SMILES string of the molecule is CCOC(=O)/C(C)=C/CN(C)C(=O)C(Cc1ccccc1)NC(=O)C1CCCCN1C(C)C. The van der Waals surface area contributed by atoms with Gasteiger partial charge in [0.1, 0.15) is 6.04 Å². The van der Waals surface area contributed by atoms with Gasteiger partial charge in [0.05, 0.1) is 12.6 Å². The molecular weight excluding hydrogens is 418 g/mol. The maximum Gasteiger partial charge on any atom is 0.333 e. The number of hydrogen-bond acceptors (Lipinski definition) is 5. The summed E-state index contributed by atoms with van der Waals surface area (Å²) in [4.78, 5) is 42.2. The summed E-state index contributed by atoms with van der Waals surface area (Å²) in [6.07, 6.45) is 4.98. The Morgan fingerprint density at radius 2 is 1.91 bits per heavy atom. The van der Waals surface area contributed by atoms with Crippen molar-refractivity contribution in [3.8, 4) is 0 Å². The summed E-state index contributed by atoms with van der Waals surface area (Å²) >= 11 is 0. The van der Waals surface area contributed by atoms with Gasteiger partial charge in [0.15, 0.2) is 0 Å². The Labute approximate surface area is 198 Å². The zero-order chi connectivity index (χ0) is 24.4. The van der Waals surface area contributed by atoms with E-state index in [9.17, 15) is 14.4 Å². The predicted octanol–water partition coefficient (Wildman–Crippen LogP) is 2.94. The number of hydrogen-bond donors (Lipinski definition) is 1. The van der Waals surface area contributed by atoms with Crippen LogP contribution in [0, 0.1) is 0 Å². The number of carbonyl (C=O) groups is 3. The first-order valence-corrected chi connectivity index (χ1v) is 11.9. The number of ether oxygens (including phenoxy) is 1. The quantitative estimate of drug-likeness (QED) is 0.432. The molecule has 2 amide bonds. The third kappa shape index (κ3) is 8.00. The van der Waals surface area contributed by atoms with Crippen LogP contribution in [0.3, 0.4) is 0 Å². The Balaban J connectivity index is 2.15. The number of esters is 1. The van der Waals surface area contributed by atoms with E-state index < -0.39 is 12.0 Å². The molecule has 2 rings (SSSR count). The van der Waals surface area contributed by atoms with E-state index >= 15 is 0 Å². The molecule has 1 heterocycles. The summed E-state index contributed by atoms with van der Waals surface area (Å²) in [7, 11) is 1.68. The molecule has 2 atom stereocenters. The van der Waals surface area contributed by atoms with Crippen LogP contribution in [0.2, 0.25) is 0 Å². The Morgan fingerprint density at radius 1 is 1.21 bits per heavy atom. The minimum Gasteiger partial charge on any atom is -0.463 e. The number of likely N-dealkylation sites (N-methyl/N-ethyl adjacent to an activating group) is 1. The average Bonchev–Trinajstić information content (AvgIpc) is 2.82. The molecule has 0 radical (unpaired) electrons. The molecule has 1 aromatic rings. The van der Waals surface area contributed by atoms with Crippen LogP contribution in [0.1, 0.15) is 52.5 Å². The van der Waals surface area contributed by atoms with Crippen molar-refractivity contribution in [3.63, 3.8) is 0 Å². The van der Waals surface area contributed by atoms with Gasteiger partial charge in [-0.3, -0.25) is 14.5 Å². The lowest BCUT2D eigenvalue weighted by molar-refractivity contribution is -0.138. The van der Waals surface area contributed by atoms with Gasteiger partial charge in [-0.25, -0.2) is 4.79 Å². The molecule has 1 aliphatic heterocycles. The molecule has 33 heavy (non-hydrogen) atoms. The Hall–Kier alpha value is -2.67. The van der Waals surface area contributed by atoms with Gasteiger partial charge in [-0.1, -0.05) is 42.8 Å². The first-order chi connectivity index (χ1) is 15.7. The van der Waals surface area contributed by atoms with E-state index in [1.54, 1.807) is 27.0 Å². The van der Waals surface area contributed by atoms with Gasteiger partial charge in [-0.2, -0.15) is 0 Å². The number of likely N-dealkylation sites (tertiary alicyclic amines) is 1. The number of carbonyl (C=O) groups excluding carboxylic acids is 3. The van der Waals surface area contributed by atoms with E-state index in [0.29, 0.717) is 18.6 Å².